The molecule has 0 radical (unpaired) electrons. The minimum Gasteiger partial charge on any atom is -0.355 e. The number of hydrogen-bond donors (Lipinski definition) is 1. The lowest BCUT2D eigenvalue weighted by molar-refractivity contribution is -0.119. The number of carbonyl (C=O) groups is 1. The molecule has 1 amide bonds. The number of nitrogens with one attached hydrogen (secondary N) is 1. The number of rotatable bonds is 4. The first-order chi connectivity index (χ1) is 11.5. The van der Waals surface area contributed by atoms with E-state index < -0.39 is 0 Å². The zero-order chi connectivity index (χ0) is 17.1. The molecule has 1 fully saturated rings. The first-order valence-corrected chi connectivity index (χ1v) is 8.35. The molecule has 1 aliphatic rings. The van der Waals surface area contributed by atoms with Crippen LogP contribution in [0.5, 0.6) is 0 Å². The van der Waals surface area contributed by atoms with E-state index in [1.165, 1.54) is 0 Å². The molecule has 3 rings (SSSR count). The van der Waals surface area contributed by atoms with Crippen molar-refractivity contribution in [3.05, 3.63) is 24.2 Å². The van der Waals surface area contributed by atoms with E-state index in [1.807, 2.05) is 26.0 Å². The van der Waals surface area contributed by atoms with Crippen molar-refractivity contribution in [3.8, 4) is 11.5 Å². The van der Waals surface area contributed by atoms with Crippen LogP contribution in [0, 0.1) is 0 Å². The van der Waals surface area contributed by atoms with Gasteiger partial charge in [0, 0.05) is 43.7 Å². The van der Waals surface area contributed by atoms with E-state index in [9.17, 15) is 4.79 Å². The molecule has 2 aromatic heterocycles. The molecular formula is C17H23N5O2. The Morgan fingerprint density at radius 1 is 1.46 bits per heavy atom. The van der Waals surface area contributed by atoms with Gasteiger partial charge < -0.3 is 14.7 Å². The van der Waals surface area contributed by atoms with Gasteiger partial charge in [-0.2, -0.15) is 4.98 Å². The Kier molecular flexibility index (Phi) is 4.78. The van der Waals surface area contributed by atoms with Crippen LogP contribution >= 0.6 is 0 Å². The Balaban J connectivity index is 1.78. The van der Waals surface area contributed by atoms with Crippen LogP contribution < -0.4 is 10.2 Å². The molecule has 0 bridgehead atoms. The number of carbonyl (C=O) groups excluding carboxylic acids is 1. The third-order valence-electron chi connectivity index (χ3n) is 4.10. The maximum Gasteiger partial charge on any atom is 0.258 e. The Morgan fingerprint density at radius 2 is 2.29 bits per heavy atom. The third-order valence-corrected chi connectivity index (χ3v) is 4.10. The molecular weight excluding hydrogens is 306 g/mol. The zero-order valence-electron chi connectivity index (χ0n) is 14.3. The van der Waals surface area contributed by atoms with Gasteiger partial charge in [0.25, 0.3) is 5.89 Å². The second-order valence-electron chi connectivity index (χ2n) is 6.50. The molecule has 0 saturated carbocycles. The summed E-state index contributed by atoms with van der Waals surface area (Å²) in [6, 6.07) is 4.00. The molecule has 128 valence electrons. The van der Waals surface area contributed by atoms with Crippen LogP contribution in [0.2, 0.25) is 0 Å². The maximum absolute atomic E-state index is 11.3. The second-order valence-corrected chi connectivity index (χ2v) is 6.50. The fraction of sp³-hybridized carbons (Fsp3) is 0.529. The molecule has 0 unspecified atom stereocenters. The number of anilines is 1. The van der Waals surface area contributed by atoms with E-state index in [0.29, 0.717) is 11.7 Å². The second kappa shape index (κ2) is 6.98. The van der Waals surface area contributed by atoms with Gasteiger partial charge in [-0.25, -0.2) is 4.98 Å². The topological polar surface area (TPSA) is 84.2 Å². The van der Waals surface area contributed by atoms with Crippen LogP contribution in [0.25, 0.3) is 11.5 Å². The van der Waals surface area contributed by atoms with Crippen molar-refractivity contribution in [3.63, 3.8) is 0 Å². The Hall–Kier alpha value is -2.44. The molecule has 0 aliphatic carbocycles. The molecule has 7 nitrogen and oxygen atoms in total. The Morgan fingerprint density at radius 3 is 3.00 bits per heavy atom. The Labute approximate surface area is 141 Å². The molecule has 7 heteroatoms. The van der Waals surface area contributed by atoms with Crippen LogP contribution in [-0.2, 0) is 4.79 Å². The highest BCUT2D eigenvalue weighted by Gasteiger charge is 2.22. The van der Waals surface area contributed by atoms with Crippen molar-refractivity contribution in [2.45, 2.75) is 45.6 Å². The number of amides is 1. The summed E-state index contributed by atoms with van der Waals surface area (Å²) in [4.78, 5) is 22.4. The smallest absolute Gasteiger partial charge is 0.258 e. The van der Waals surface area contributed by atoms with Crippen molar-refractivity contribution in [2.75, 3.05) is 18.0 Å². The molecule has 0 spiro atoms. The largest absolute Gasteiger partial charge is 0.355 e. The lowest BCUT2D eigenvalue weighted by atomic mass is 10.1. The van der Waals surface area contributed by atoms with Crippen LogP contribution in [0.4, 0.5) is 5.82 Å². The first kappa shape index (κ1) is 16.4. The standard InChI is InChI=1S/C17H23N5O2/c1-11(2)16-20-17(24-21-16)13-6-7-18-15(9-13)22-8-4-5-14(10-22)19-12(3)23/h6-7,9,11,14H,4-5,8,10H2,1-3H3,(H,19,23)/t14-/m0/s1. The molecule has 1 N–H and O–H groups in total. The van der Waals surface area contributed by atoms with Crippen LogP contribution in [-0.4, -0.2) is 40.2 Å². The van der Waals surface area contributed by atoms with E-state index in [0.717, 1.165) is 37.3 Å². The van der Waals surface area contributed by atoms with Crippen molar-refractivity contribution in [1.29, 1.82) is 0 Å². The summed E-state index contributed by atoms with van der Waals surface area (Å²) in [5.41, 5.74) is 0.862. The van der Waals surface area contributed by atoms with Gasteiger partial charge >= 0.3 is 0 Å². The van der Waals surface area contributed by atoms with E-state index in [4.69, 9.17) is 4.52 Å². The Bertz CT molecular complexity index is 713. The van der Waals surface area contributed by atoms with Gasteiger partial charge in [0.2, 0.25) is 5.91 Å². The summed E-state index contributed by atoms with van der Waals surface area (Å²) in [5.74, 6) is 2.32. The van der Waals surface area contributed by atoms with Gasteiger partial charge in [-0.1, -0.05) is 19.0 Å². The summed E-state index contributed by atoms with van der Waals surface area (Å²) >= 11 is 0. The van der Waals surface area contributed by atoms with Gasteiger partial charge in [-0.15, -0.1) is 0 Å². The number of piperidine rings is 1. The maximum atomic E-state index is 11.3. The summed E-state index contributed by atoms with van der Waals surface area (Å²) in [7, 11) is 0. The molecule has 1 saturated heterocycles. The summed E-state index contributed by atoms with van der Waals surface area (Å²) in [6.07, 6.45) is 3.78. The van der Waals surface area contributed by atoms with Gasteiger partial charge in [0.15, 0.2) is 5.82 Å². The van der Waals surface area contributed by atoms with Gasteiger partial charge in [0.1, 0.15) is 5.82 Å². The highest BCUT2D eigenvalue weighted by atomic mass is 16.5. The fourth-order valence-corrected chi connectivity index (χ4v) is 2.90. The highest BCUT2D eigenvalue weighted by molar-refractivity contribution is 5.73. The average molecular weight is 329 g/mol. The minimum atomic E-state index is 0.00985. The number of aromatic nitrogens is 3. The summed E-state index contributed by atoms with van der Waals surface area (Å²) in [6.45, 7) is 7.30. The summed E-state index contributed by atoms with van der Waals surface area (Å²) < 4.78 is 5.36. The molecule has 2 aromatic rings. The first-order valence-electron chi connectivity index (χ1n) is 8.35. The molecule has 3 heterocycles. The summed E-state index contributed by atoms with van der Waals surface area (Å²) in [5, 5.41) is 7.01. The van der Waals surface area contributed by atoms with E-state index in [2.05, 4.69) is 25.3 Å². The predicted octanol–water partition coefficient (Wildman–Crippen LogP) is 2.36. The molecule has 1 aliphatic heterocycles. The van der Waals surface area contributed by atoms with Crippen LogP contribution in [0.15, 0.2) is 22.9 Å². The SMILES string of the molecule is CC(=O)N[C@H]1CCCN(c2cc(-c3nc(C(C)C)no3)ccn2)C1. The van der Waals surface area contributed by atoms with E-state index in [1.54, 1.807) is 13.1 Å². The van der Waals surface area contributed by atoms with Gasteiger partial charge in [-0.3, -0.25) is 4.79 Å². The van der Waals surface area contributed by atoms with Crippen molar-refractivity contribution >= 4 is 11.7 Å². The fourth-order valence-electron chi connectivity index (χ4n) is 2.90. The van der Waals surface area contributed by atoms with Gasteiger partial charge in [0.05, 0.1) is 0 Å². The highest BCUT2D eigenvalue weighted by Crippen LogP contribution is 2.25. The quantitative estimate of drug-likeness (QED) is 0.927. The van der Waals surface area contributed by atoms with Gasteiger partial charge in [-0.05, 0) is 25.0 Å². The minimum absolute atomic E-state index is 0.00985. The third kappa shape index (κ3) is 3.72. The number of pyridine rings is 1. The number of hydrogen-bond acceptors (Lipinski definition) is 6. The lowest BCUT2D eigenvalue weighted by Gasteiger charge is -2.33. The average Bonchev–Trinajstić information content (AvgIpc) is 3.05. The van der Waals surface area contributed by atoms with Crippen molar-refractivity contribution in [2.24, 2.45) is 0 Å². The van der Waals surface area contributed by atoms with Crippen molar-refractivity contribution in [1.82, 2.24) is 20.4 Å². The van der Waals surface area contributed by atoms with Crippen LogP contribution in [0.3, 0.4) is 0 Å². The number of nitrogens with zero attached hydrogens (tertiary/aromatic N) is 4. The monoisotopic (exact) mass is 329 g/mol. The predicted molar refractivity (Wildman–Crippen MR) is 90.7 cm³/mol. The normalized spacial score (nSPS) is 18.0. The van der Waals surface area contributed by atoms with Crippen molar-refractivity contribution < 1.29 is 9.32 Å². The molecule has 24 heavy (non-hydrogen) atoms. The van der Waals surface area contributed by atoms with Crippen LogP contribution in [0.1, 0.15) is 45.4 Å². The lowest BCUT2D eigenvalue weighted by Crippen LogP contribution is -2.47. The van der Waals surface area contributed by atoms with E-state index in [-0.39, 0.29) is 17.9 Å². The molecule has 0 aromatic carbocycles. The van der Waals surface area contributed by atoms with E-state index >= 15 is 0 Å². The zero-order valence-corrected chi connectivity index (χ0v) is 14.3. The molecule has 1 atom stereocenters.